The Hall–Kier alpha value is -1.96. The van der Waals surface area contributed by atoms with E-state index < -0.39 is 0 Å². The van der Waals surface area contributed by atoms with Crippen molar-refractivity contribution in [2.45, 2.75) is 26.7 Å². The van der Waals surface area contributed by atoms with E-state index in [2.05, 4.69) is 36.2 Å². The van der Waals surface area contributed by atoms with E-state index in [1.807, 2.05) is 12.1 Å². The van der Waals surface area contributed by atoms with E-state index in [0.29, 0.717) is 5.69 Å². The maximum Gasteiger partial charge on any atom is 0.178 e. The Morgan fingerprint density at radius 1 is 1.17 bits per heavy atom. The van der Waals surface area contributed by atoms with Crippen LogP contribution in [0.5, 0.6) is 0 Å². The highest BCUT2D eigenvalue weighted by Gasteiger charge is 2.07. The maximum absolute atomic E-state index is 11.5. The van der Waals surface area contributed by atoms with Gasteiger partial charge in [0.1, 0.15) is 5.69 Å². The molecule has 0 aliphatic carbocycles. The van der Waals surface area contributed by atoms with Gasteiger partial charge in [-0.05, 0) is 37.0 Å². The van der Waals surface area contributed by atoms with Gasteiger partial charge in [-0.1, -0.05) is 35.9 Å². The topological polar surface area (TPSA) is 30.0 Å². The quantitative estimate of drug-likeness (QED) is 0.766. The Kier molecular flexibility index (Phi) is 3.88. The molecule has 0 bridgehead atoms. The number of hydrogen-bond acceptors (Lipinski definition) is 2. The highest BCUT2D eigenvalue weighted by atomic mass is 16.1. The Labute approximate surface area is 108 Å². The van der Waals surface area contributed by atoms with Crippen molar-refractivity contribution in [2.24, 2.45) is 0 Å². The first-order valence-corrected chi connectivity index (χ1v) is 6.17. The van der Waals surface area contributed by atoms with Crippen LogP contribution in [0, 0.1) is 6.92 Å². The molecule has 0 spiro atoms. The molecule has 1 heterocycles. The SMILES string of the molecule is CC(=O)c1ncccc1CCc1cccc(C)c1. The van der Waals surface area contributed by atoms with Crippen LogP contribution < -0.4 is 0 Å². The number of aryl methyl sites for hydroxylation is 3. The molecule has 2 heteroatoms. The van der Waals surface area contributed by atoms with Crippen LogP contribution in [-0.2, 0) is 12.8 Å². The van der Waals surface area contributed by atoms with Gasteiger partial charge in [-0.2, -0.15) is 0 Å². The number of pyridine rings is 1. The molecule has 0 fully saturated rings. The summed E-state index contributed by atoms with van der Waals surface area (Å²) >= 11 is 0. The van der Waals surface area contributed by atoms with Gasteiger partial charge in [-0.25, -0.2) is 0 Å². The molecule has 0 aliphatic heterocycles. The third kappa shape index (κ3) is 3.04. The van der Waals surface area contributed by atoms with Crippen LogP contribution >= 0.6 is 0 Å². The van der Waals surface area contributed by atoms with Gasteiger partial charge < -0.3 is 0 Å². The normalized spacial score (nSPS) is 10.3. The summed E-state index contributed by atoms with van der Waals surface area (Å²) in [5.41, 5.74) is 4.20. The predicted octanol–water partition coefficient (Wildman–Crippen LogP) is 3.38. The van der Waals surface area contributed by atoms with E-state index in [9.17, 15) is 4.79 Å². The summed E-state index contributed by atoms with van der Waals surface area (Å²) in [6.45, 7) is 3.66. The van der Waals surface area contributed by atoms with Crippen molar-refractivity contribution in [1.29, 1.82) is 0 Å². The van der Waals surface area contributed by atoms with Crippen molar-refractivity contribution in [3.8, 4) is 0 Å². The minimum Gasteiger partial charge on any atom is -0.293 e. The van der Waals surface area contributed by atoms with E-state index in [0.717, 1.165) is 18.4 Å². The Bertz CT molecular complexity index is 561. The molecule has 92 valence electrons. The third-order valence-electron chi connectivity index (χ3n) is 2.99. The fraction of sp³-hybridized carbons (Fsp3) is 0.250. The Morgan fingerprint density at radius 3 is 2.72 bits per heavy atom. The van der Waals surface area contributed by atoms with Gasteiger partial charge >= 0.3 is 0 Å². The monoisotopic (exact) mass is 239 g/mol. The van der Waals surface area contributed by atoms with Crippen LogP contribution in [0.15, 0.2) is 42.6 Å². The average Bonchev–Trinajstić information content (AvgIpc) is 2.37. The Morgan fingerprint density at radius 2 is 2.00 bits per heavy atom. The van der Waals surface area contributed by atoms with Gasteiger partial charge in [0.15, 0.2) is 5.78 Å². The van der Waals surface area contributed by atoms with Crippen LogP contribution in [0.25, 0.3) is 0 Å². The van der Waals surface area contributed by atoms with E-state index in [1.165, 1.54) is 11.1 Å². The van der Waals surface area contributed by atoms with Crippen LogP contribution in [0.2, 0.25) is 0 Å². The van der Waals surface area contributed by atoms with E-state index in [-0.39, 0.29) is 5.78 Å². The van der Waals surface area contributed by atoms with Gasteiger partial charge in [0, 0.05) is 13.1 Å². The van der Waals surface area contributed by atoms with Gasteiger partial charge in [0.05, 0.1) is 0 Å². The molecule has 0 saturated heterocycles. The molecular formula is C16H17NO. The second kappa shape index (κ2) is 5.58. The summed E-state index contributed by atoms with van der Waals surface area (Å²) in [4.78, 5) is 15.6. The Balaban J connectivity index is 2.13. The lowest BCUT2D eigenvalue weighted by Crippen LogP contribution is -2.04. The fourth-order valence-corrected chi connectivity index (χ4v) is 2.10. The van der Waals surface area contributed by atoms with Gasteiger partial charge in [-0.3, -0.25) is 9.78 Å². The molecule has 0 atom stereocenters. The van der Waals surface area contributed by atoms with Crippen LogP contribution in [0.4, 0.5) is 0 Å². The van der Waals surface area contributed by atoms with Crippen molar-refractivity contribution in [2.75, 3.05) is 0 Å². The predicted molar refractivity (Wildman–Crippen MR) is 72.8 cm³/mol. The van der Waals surface area contributed by atoms with Crippen LogP contribution in [0.3, 0.4) is 0 Å². The summed E-state index contributed by atoms with van der Waals surface area (Å²) in [5.74, 6) is 0.0369. The molecule has 1 aromatic heterocycles. The molecule has 1 aromatic carbocycles. The number of hydrogen-bond donors (Lipinski definition) is 0. The largest absolute Gasteiger partial charge is 0.293 e. The zero-order chi connectivity index (χ0) is 13.0. The number of benzene rings is 1. The number of Topliss-reactive ketones (excluding diaryl/α,β-unsaturated/α-hetero) is 1. The summed E-state index contributed by atoms with van der Waals surface area (Å²) in [5, 5.41) is 0. The van der Waals surface area contributed by atoms with Crippen molar-refractivity contribution < 1.29 is 4.79 Å². The first-order chi connectivity index (χ1) is 8.66. The van der Waals surface area contributed by atoms with Gasteiger partial charge in [-0.15, -0.1) is 0 Å². The van der Waals surface area contributed by atoms with Crippen molar-refractivity contribution >= 4 is 5.78 Å². The smallest absolute Gasteiger partial charge is 0.178 e. The molecule has 0 radical (unpaired) electrons. The maximum atomic E-state index is 11.5. The van der Waals surface area contributed by atoms with Crippen molar-refractivity contribution in [1.82, 2.24) is 4.98 Å². The zero-order valence-corrected chi connectivity index (χ0v) is 10.8. The molecular weight excluding hydrogens is 222 g/mol. The van der Waals surface area contributed by atoms with Gasteiger partial charge in [0.2, 0.25) is 0 Å². The highest BCUT2D eigenvalue weighted by Crippen LogP contribution is 2.12. The molecule has 0 amide bonds. The lowest BCUT2D eigenvalue weighted by atomic mass is 10.0. The number of nitrogens with zero attached hydrogens (tertiary/aromatic N) is 1. The number of ketones is 1. The van der Waals surface area contributed by atoms with Gasteiger partial charge in [0.25, 0.3) is 0 Å². The fourth-order valence-electron chi connectivity index (χ4n) is 2.10. The first-order valence-electron chi connectivity index (χ1n) is 6.17. The second-order valence-corrected chi connectivity index (χ2v) is 4.56. The van der Waals surface area contributed by atoms with Crippen molar-refractivity contribution in [3.63, 3.8) is 0 Å². The number of aromatic nitrogens is 1. The molecule has 0 saturated carbocycles. The molecule has 0 unspecified atom stereocenters. The molecule has 2 rings (SSSR count). The van der Waals surface area contributed by atoms with E-state index >= 15 is 0 Å². The summed E-state index contributed by atoms with van der Waals surface area (Å²) in [7, 11) is 0. The lowest BCUT2D eigenvalue weighted by Gasteiger charge is -2.06. The minimum atomic E-state index is 0.0369. The number of rotatable bonds is 4. The van der Waals surface area contributed by atoms with Crippen LogP contribution in [-0.4, -0.2) is 10.8 Å². The summed E-state index contributed by atoms with van der Waals surface area (Å²) in [6, 6.07) is 12.3. The standard InChI is InChI=1S/C16H17NO/c1-12-5-3-6-14(11-12)8-9-15-7-4-10-17-16(15)13(2)18/h3-7,10-11H,8-9H2,1-2H3. The summed E-state index contributed by atoms with van der Waals surface area (Å²) in [6.07, 6.45) is 3.47. The molecule has 2 nitrogen and oxygen atoms in total. The second-order valence-electron chi connectivity index (χ2n) is 4.56. The molecule has 18 heavy (non-hydrogen) atoms. The average molecular weight is 239 g/mol. The van der Waals surface area contributed by atoms with Crippen molar-refractivity contribution in [3.05, 3.63) is 65.0 Å². The summed E-state index contributed by atoms with van der Waals surface area (Å²) < 4.78 is 0. The zero-order valence-electron chi connectivity index (χ0n) is 10.8. The third-order valence-corrected chi connectivity index (χ3v) is 2.99. The molecule has 0 aliphatic rings. The van der Waals surface area contributed by atoms with E-state index in [1.54, 1.807) is 13.1 Å². The molecule has 0 N–H and O–H groups in total. The highest BCUT2D eigenvalue weighted by molar-refractivity contribution is 5.93. The van der Waals surface area contributed by atoms with Crippen LogP contribution in [0.1, 0.15) is 34.1 Å². The first kappa shape index (κ1) is 12.5. The lowest BCUT2D eigenvalue weighted by molar-refractivity contribution is 0.101. The number of carbonyl (C=O) groups excluding carboxylic acids is 1. The molecule has 2 aromatic rings. The van der Waals surface area contributed by atoms with E-state index in [4.69, 9.17) is 0 Å². The number of carbonyl (C=O) groups is 1. The minimum absolute atomic E-state index is 0.0369.